The Balaban J connectivity index is 0.928. The van der Waals surface area contributed by atoms with Gasteiger partial charge >= 0.3 is 0 Å². The van der Waals surface area contributed by atoms with Crippen molar-refractivity contribution in [2.75, 3.05) is 19.6 Å². The molecule has 0 amide bonds. The van der Waals surface area contributed by atoms with Gasteiger partial charge in [-0.1, -0.05) is 310 Å². The molecule has 0 saturated heterocycles. The van der Waals surface area contributed by atoms with E-state index in [1.807, 2.05) is 0 Å². The number of nitrogens with zero attached hydrogens (tertiary/aromatic N) is 4. The van der Waals surface area contributed by atoms with Crippen LogP contribution in [0.15, 0.2) is 182 Å². The van der Waals surface area contributed by atoms with Gasteiger partial charge < -0.3 is 29.1 Å². The van der Waals surface area contributed by atoms with Crippen LogP contribution in [0.1, 0.15) is 404 Å². The Hall–Kier alpha value is -9.65. The lowest BCUT2D eigenvalue weighted by Crippen LogP contribution is -2.63. The summed E-state index contributed by atoms with van der Waals surface area (Å²) in [7, 11) is 0. The van der Waals surface area contributed by atoms with Crippen LogP contribution in [-0.4, -0.2) is 13.4 Å². The largest absolute Gasteiger partial charge is 0.458 e. The van der Waals surface area contributed by atoms with Gasteiger partial charge in [-0.3, -0.25) is 0 Å². The Kier molecular flexibility index (Phi) is 22.5. The van der Waals surface area contributed by atoms with Crippen molar-refractivity contribution in [1.82, 2.24) is 0 Å². The molecule has 0 radical (unpaired) electrons. The van der Waals surface area contributed by atoms with Gasteiger partial charge in [-0.05, 0) is 408 Å². The monoisotopic (exact) mass is 1890 g/mol. The van der Waals surface area contributed by atoms with Gasteiger partial charge in [0.1, 0.15) is 23.0 Å². The van der Waals surface area contributed by atoms with Crippen LogP contribution in [-0.2, 0) is 75.8 Å². The molecule has 742 valence electrons. The summed E-state index contributed by atoms with van der Waals surface area (Å²) in [6, 6.07) is 77.4. The van der Waals surface area contributed by atoms with Crippen LogP contribution in [0.25, 0.3) is 0 Å². The molecule has 11 aromatic rings. The maximum absolute atomic E-state index is 8.41. The van der Waals surface area contributed by atoms with Crippen molar-refractivity contribution < 1.29 is 9.47 Å². The Bertz CT molecular complexity index is 6130. The third-order valence-electron chi connectivity index (χ3n) is 35.9. The zero-order valence-corrected chi connectivity index (χ0v) is 94.0. The fraction of sp³-hybridized carbons (Fsp3) is 0.507. The molecule has 6 nitrogen and oxygen atoms in total. The molecule has 142 heavy (non-hydrogen) atoms. The normalized spacial score (nSPS) is 21.9. The second kappa shape index (κ2) is 32.4. The van der Waals surface area contributed by atoms with Gasteiger partial charge in [-0.15, -0.1) is 0 Å². The van der Waals surface area contributed by atoms with Crippen molar-refractivity contribution in [3.8, 4) is 23.0 Å². The molecule has 8 aliphatic carbocycles. The summed E-state index contributed by atoms with van der Waals surface area (Å²) in [5.41, 5.74) is 37.5. The highest BCUT2D eigenvalue weighted by atomic mass is 16.5. The van der Waals surface area contributed by atoms with E-state index in [1.165, 1.54) is 199 Å². The molecule has 0 aromatic heterocycles. The van der Waals surface area contributed by atoms with E-state index in [-0.39, 0.29) is 89.2 Å². The molecule has 8 fully saturated rings. The maximum Gasteiger partial charge on any atom is 0.256 e. The molecular formula is C134H168B2N4O2. The molecule has 0 unspecified atom stereocenters. The van der Waals surface area contributed by atoms with Gasteiger partial charge in [0.25, 0.3) is 13.4 Å². The fourth-order valence-corrected chi connectivity index (χ4v) is 27.9. The van der Waals surface area contributed by atoms with E-state index in [0.29, 0.717) is 0 Å². The summed E-state index contributed by atoms with van der Waals surface area (Å²) in [4.78, 5) is 10.9. The number of fused-ring (bicyclic) bond motifs is 8. The summed E-state index contributed by atoms with van der Waals surface area (Å²) in [6.45, 7) is 86.2. The Morgan fingerprint density at radius 1 is 0.218 bits per heavy atom. The molecule has 11 aromatic carbocycles. The smallest absolute Gasteiger partial charge is 0.256 e. The minimum Gasteiger partial charge on any atom is -0.458 e. The minimum absolute atomic E-state index is 0.102. The SMILES string of the molecule is CC(C)(C)c1cc(N(c2cc(C(C)(C)C)cc(C(C)(C)C)c2)c2cc3c4c(c2)N(c2cc(C(C)(C)C)cc(C(C)(C)C)c2)c2cc5c(cc2B4c2ccc(C46CC7CC(CC(C7)C4)C6)cc2O3)N(c2cc(C(C)(C)C)cc(C(C)(C)C)c2)c2cc(N(c3cc(C(C)(C)C)cc(C(C)(C)C)c3)c3cc(C(C)(C)C)cc(C(C)(C)C)c3)cc3c2B5c2ccc(C45CC6CC(CC(C6)C4)C5)cc2O3)cc(C(C)(C)C)c1. The quantitative estimate of drug-likeness (QED) is 0.127. The number of ether oxygens (including phenoxy) is 2. The van der Waals surface area contributed by atoms with Gasteiger partial charge in [0, 0.05) is 69.0 Å². The number of hydrogen-bond acceptors (Lipinski definition) is 6. The fourth-order valence-electron chi connectivity index (χ4n) is 27.9. The topological polar surface area (TPSA) is 31.4 Å². The molecule has 4 heterocycles. The Labute approximate surface area is 858 Å². The van der Waals surface area contributed by atoms with Gasteiger partial charge in [0.2, 0.25) is 0 Å². The van der Waals surface area contributed by atoms with E-state index in [9.17, 15) is 0 Å². The first-order valence-electron chi connectivity index (χ1n) is 55.0. The van der Waals surface area contributed by atoms with Crippen LogP contribution < -0.4 is 61.9 Å². The maximum atomic E-state index is 8.41. The first-order chi connectivity index (χ1) is 65.7. The zero-order valence-electron chi connectivity index (χ0n) is 94.0. The standard InChI is InChI=1S/C134H168B2N4O2/c1-121(2,3)87-47-88(122(4,5)6)54-99(53-87)137(100-55-89(123(7,8)9)48-90(56-100)124(10,11)12)105-67-113-119-117(69-105)141-115-65-85(133-73-79-41-80(74-133)43-81(42-79)75-133)37-39-107(115)135(119)109-72-112-110(71-111(109)139(113)103-61-95(129(25,26)27)51-96(62-103)130(28,29)30)136-108-40-38-86(134-76-82-44-83(77-134)46-84(45-82)78-134)66-116(108)142-118-70-106(68-114(120(118)136)140(112)104-63-97(131(31,32)33)52-98(64-104)132(34,35)36)138(101-57-91(125(13,14)15)49-92(58-101)126(16,17)18)102-59-93(127(19,20)21)50-94(60-102)128(22,23)24/h37-40,47-72,79-84H,41-46,73-78H2,1-36H3. The number of benzene rings is 11. The van der Waals surface area contributed by atoms with E-state index in [4.69, 9.17) is 9.47 Å². The van der Waals surface area contributed by atoms with Crippen LogP contribution in [0.3, 0.4) is 0 Å². The van der Waals surface area contributed by atoms with E-state index >= 15 is 0 Å². The highest BCUT2D eigenvalue weighted by molar-refractivity contribution is 7.01. The molecule has 0 spiro atoms. The Morgan fingerprint density at radius 3 is 0.634 bits per heavy atom. The van der Waals surface area contributed by atoms with Crippen LogP contribution in [0.5, 0.6) is 23.0 Å². The predicted molar refractivity (Wildman–Crippen MR) is 612 cm³/mol. The summed E-state index contributed by atoms with van der Waals surface area (Å²) >= 11 is 0. The second-order valence-corrected chi connectivity index (χ2v) is 59.6. The summed E-state index contributed by atoms with van der Waals surface area (Å²) in [5.74, 6) is 8.41. The second-order valence-electron chi connectivity index (χ2n) is 59.6. The van der Waals surface area contributed by atoms with Crippen molar-refractivity contribution in [1.29, 1.82) is 0 Å². The van der Waals surface area contributed by atoms with E-state index in [1.54, 1.807) is 0 Å². The number of rotatable bonds is 10. The third kappa shape index (κ3) is 17.4. The molecule has 8 saturated carbocycles. The molecule has 0 atom stereocenters. The lowest BCUT2D eigenvalue weighted by molar-refractivity contribution is -0.00536. The summed E-state index contributed by atoms with van der Waals surface area (Å²) in [5, 5.41) is 0. The highest BCUT2D eigenvalue weighted by Crippen LogP contribution is 2.65. The molecule has 12 aliphatic rings. The number of anilines is 12. The molecule has 8 bridgehead atoms. The third-order valence-corrected chi connectivity index (χ3v) is 35.9. The Morgan fingerprint density at radius 2 is 0.423 bits per heavy atom. The van der Waals surface area contributed by atoms with E-state index in [0.717, 1.165) is 115 Å². The predicted octanol–water partition coefficient (Wildman–Crippen LogP) is 33.9. The average molecular weight is 1890 g/mol. The van der Waals surface area contributed by atoms with Gasteiger partial charge in [0.15, 0.2) is 0 Å². The highest BCUT2D eigenvalue weighted by Gasteiger charge is 2.56. The lowest BCUT2D eigenvalue weighted by atomic mass is 9.31. The molecular weight excluding hydrogens is 1720 g/mol. The molecule has 8 heteroatoms. The van der Waals surface area contributed by atoms with Crippen molar-refractivity contribution in [3.05, 3.63) is 260 Å². The summed E-state index contributed by atoms with van der Waals surface area (Å²) < 4.78 is 16.8. The first-order valence-corrected chi connectivity index (χ1v) is 55.0. The van der Waals surface area contributed by atoms with Crippen molar-refractivity contribution in [3.63, 3.8) is 0 Å². The van der Waals surface area contributed by atoms with Gasteiger partial charge in [-0.2, -0.15) is 0 Å². The average Bonchev–Trinajstić information content (AvgIpc) is 0.678. The number of hydrogen-bond donors (Lipinski definition) is 0. The molecule has 4 aliphatic heterocycles. The van der Waals surface area contributed by atoms with Crippen LogP contribution in [0.2, 0.25) is 0 Å². The first kappa shape index (κ1) is 98.4. The van der Waals surface area contributed by atoms with Crippen molar-refractivity contribution >= 4 is 114 Å². The van der Waals surface area contributed by atoms with E-state index in [2.05, 4.69) is 451 Å². The minimum atomic E-state index is -0.296. The van der Waals surface area contributed by atoms with Gasteiger partial charge in [-0.25, -0.2) is 0 Å². The van der Waals surface area contributed by atoms with Crippen LogP contribution in [0, 0.1) is 35.5 Å². The molecule has 23 rings (SSSR count). The van der Waals surface area contributed by atoms with Crippen molar-refractivity contribution in [2.45, 2.75) is 402 Å². The lowest BCUT2D eigenvalue weighted by Gasteiger charge is -2.57. The van der Waals surface area contributed by atoms with Crippen LogP contribution in [0.4, 0.5) is 68.2 Å². The summed E-state index contributed by atoms with van der Waals surface area (Å²) in [6.07, 6.45) is 15.9. The van der Waals surface area contributed by atoms with Crippen molar-refractivity contribution in [2.24, 2.45) is 35.5 Å². The zero-order chi connectivity index (χ0) is 102. The van der Waals surface area contributed by atoms with E-state index < -0.39 is 0 Å². The van der Waals surface area contributed by atoms with Gasteiger partial charge in [0.05, 0.1) is 11.4 Å². The molecule has 0 N–H and O–H groups in total. The van der Waals surface area contributed by atoms with Crippen LogP contribution >= 0.6 is 0 Å².